The molecule has 1 aromatic heterocycles. The average Bonchev–Trinajstić information content (AvgIpc) is 2.93. The van der Waals surface area contributed by atoms with Crippen molar-refractivity contribution in [2.24, 2.45) is 5.92 Å². The molecule has 7 heteroatoms. The summed E-state index contributed by atoms with van der Waals surface area (Å²) in [5.41, 5.74) is 1.97. The predicted octanol–water partition coefficient (Wildman–Crippen LogP) is 2.82. The molecule has 0 bridgehead atoms. The summed E-state index contributed by atoms with van der Waals surface area (Å²) in [4.78, 5) is 23.0. The topological polar surface area (TPSA) is 96.2 Å². The zero-order chi connectivity index (χ0) is 18.2. The van der Waals surface area contributed by atoms with Gasteiger partial charge in [0.25, 0.3) is 0 Å². The number of carbonyl (C=O) groups excluding carboxylic acids is 1. The lowest BCUT2D eigenvalue weighted by Crippen LogP contribution is -2.43. The number of urea groups is 1. The Kier molecular flexibility index (Phi) is 7.28. The second-order valence-electron chi connectivity index (χ2n) is 6.92. The second-order valence-corrected chi connectivity index (χ2v) is 6.92. The van der Waals surface area contributed by atoms with E-state index in [9.17, 15) is 9.59 Å². The fourth-order valence-electron chi connectivity index (χ4n) is 3.27. The first-order valence-electron chi connectivity index (χ1n) is 9.29. The van der Waals surface area contributed by atoms with Crippen molar-refractivity contribution in [3.05, 3.63) is 17.5 Å². The molecule has 7 nitrogen and oxygen atoms in total. The van der Waals surface area contributed by atoms with Gasteiger partial charge >= 0.3 is 12.0 Å². The Labute approximate surface area is 149 Å². The van der Waals surface area contributed by atoms with Gasteiger partial charge in [0.05, 0.1) is 11.6 Å². The number of unbranched alkanes of at least 4 members (excludes halogenated alkanes) is 2. The Hall–Kier alpha value is -2.05. The van der Waals surface area contributed by atoms with Gasteiger partial charge in [-0.15, -0.1) is 0 Å². The third-order valence-corrected chi connectivity index (χ3v) is 4.89. The van der Waals surface area contributed by atoms with Crippen LogP contribution in [-0.2, 0) is 17.9 Å². The molecule has 1 saturated carbocycles. The Morgan fingerprint density at radius 2 is 2.00 bits per heavy atom. The van der Waals surface area contributed by atoms with Crippen LogP contribution in [0.1, 0.15) is 63.1 Å². The molecule has 0 atom stereocenters. The highest BCUT2D eigenvalue weighted by Gasteiger charge is 2.26. The second kappa shape index (κ2) is 9.44. The molecule has 140 valence electrons. The minimum absolute atomic E-state index is 0.0634. The van der Waals surface area contributed by atoms with Crippen LogP contribution in [0, 0.1) is 12.8 Å². The normalized spacial score (nSPS) is 20.2. The number of carbonyl (C=O) groups is 2. The van der Waals surface area contributed by atoms with E-state index in [-0.39, 0.29) is 18.0 Å². The zero-order valence-electron chi connectivity index (χ0n) is 15.3. The van der Waals surface area contributed by atoms with Gasteiger partial charge in [-0.1, -0.05) is 19.8 Å². The summed E-state index contributed by atoms with van der Waals surface area (Å²) in [5, 5.41) is 19.3. The van der Waals surface area contributed by atoms with E-state index in [1.165, 1.54) is 12.8 Å². The average molecular weight is 350 g/mol. The van der Waals surface area contributed by atoms with E-state index in [2.05, 4.69) is 22.7 Å². The van der Waals surface area contributed by atoms with Gasteiger partial charge in [0.2, 0.25) is 0 Å². The summed E-state index contributed by atoms with van der Waals surface area (Å²) in [6.07, 6.45) is 8.20. The highest BCUT2D eigenvalue weighted by Crippen LogP contribution is 2.24. The summed E-state index contributed by atoms with van der Waals surface area (Å²) in [7, 11) is 0. The van der Waals surface area contributed by atoms with Gasteiger partial charge in [-0.2, -0.15) is 5.10 Å². The molecular formula is C18H30N4O3. The maximum atomic E-state index is 12.1. The highest BCUT2D eigenvalue weighted by molar-refractivity contribution is 5.74. The van der Waals surface area contributed by atoms with E-state index in [0.717, 1.165) is 37.1 Å². The lowest BCUT2D eigenvalue weighted by Gasteiger charge is -2.26. The first-order chi connectivity index (χ1) is 12.0. The minimum atomic E-state index is -0.727. The maximum absolute atomic E-state index is 12.1. The summed E-state index contributed by atoms with van der Waals surface area (Å²) in [5.74, 6) is -0.989. The molecule has 1 aliphatic carbocycles. The van der Waals surface area contributed by atoms with Gasteiger partial charge in [0, 0.05) is 30.9 Å². The Morgan fingerprint density at radius 1 is 1.28 bits per heavy atom. The Balaban J connectivity index is 1.72. The van der Waals surface area contributed by atoms with Gasteiger partial charge in [0.15, 0.2) is 0 Å². The van der Waals surface area contributed by atoms with Crippen LogP contribution in [0.25, 0.3) is 0 Å². The fraction of sp³-hybridized carbons (Fsp3) is 0.722. The van der Waals surface area contributed by atoms with E-state index >= 15 is 0 Å². The first-order valence-corrected chi connectivity index (χ1v) is 9.29. The van der Waals surface area contributed by atoms with Gasteiger partial charge in [-0.25, -0.2) is 4.79 Å². The number of nitrogens with one attached hydrogen (secondary N) is 2. The van der Waals surface area contributed by atoms with Crippen LogP contribution in [-0.4, -0.2) is 32.9 Å². The summed E-state index contributed by atoms with van der Waals surface area (Å²) < 4.78 is 1.95. The molecule has 0 unspecified atom stereocenters. The SMILES string of the molecule is CCCCCn1cc(CNC(=O)NC2CCC(C(=O)O)CC2)c(C)n1. The Bertz CT molecular complexity index is 577. The van der Waals surface area contributed by atoms with Crippen molar-refractivity contribution in [2.45, 2.75) is 77.9 Å². The molecule has 0 aromatic carbocycles. The van der Waals surface area contributed by atoms with Crippen molar-refractivity contribution in [1.82, 2.24) is 20.4 Å². The van der Waals surface area contributed by atoms with Crippen LogP contribution >= 0.6 is 0 Å². The third kappa shape index (κ3) is 6.07. The number of hydrogen-bond donors (Lipinski definition) is 3. The summed E-state index contributed by atoms with van der Waals surface area (Å²) in [6, 6.07) is -0.134. The van der Waals surface area contributed by atoms with Crippen molar-refractivity contribution in [1.29, 1.82) is 0 Å². The zero-order valence-corrected chi connectivity index (χ0v) is 15.3. The van der Waals surface area contributed by atoms with Crippen LogP contribution in [0.2, 0.25) is 0 Å². The van der Waals surface area contributed by atoms with Crippen molar-refractivity contribution in [3.8, 4) is 0 Å². The van der Waals surface area contributed by atoms with Crippen molar-refractivity contribution >= 4 is 12.0 Å². The molecule has 0 radical (unpaired) electrons. The number of hydrogen-bond acceptors (Lipinski definition) is 3. The number of aryl methyl sites for hydroxylation is 2. The number of aliphatic carboxylic acids is 1. The smallest absolute Gasteiger partial charge is 0.315 e. The molecule has 1 aromatic rings. The van der Waals surface area contributed by atoms with Crippen LogP contribution in [0.4, 0.5) is 4.79 Å². The number of carboxylic acid groups (broad SMARTS) is 1. The van der Waals surface area contributed by atoms with Crippen LogP contribution < -0.4 is 10.6 Å². The Morgan fingerprint density at radius 3 is 2.64 bits per heavy atom. The van der Waals surface area contributed by atoms with Gasteiger partial charge in [-0.05, 0) is 39.0 Å². The van der Waals surface area contributed by atoms with Gasteiger partial charge in [-0.3, -0.25) is 9.48 Å². The van der Waals surface area contributed by atoms with Gasteiger partial charge in [0.1, 0.15) is 0 Å². The van der Waals surface area contributed by atoms with Gasteiger partial charge < -0.3 is 15.7 Å². The molecule has 0 aliphatic heterocycles. The quantitative estimate of drug-likeness (QED) is 0.628. The van der Waals surface area contributed by atoms with E-state index in [1.54, 1.807) is 0 Å². The predicted molar refractivity (Wildman–Crippen MR) is 95.2 cm³/mol. The minimum Gasteiger partial charge on any atom is -0.481 e. The molecule has 2 rings (SSSR count). The van der Waals surface area contributed by atoms with E-state index < -0.39 is 5.97 Å². The highest BCUT2D eigenvalue weighted by atomic mass is 16.4. The third-order valence-electron chi connectivity index (χ3n) is 4.89. The molecule has 3 N–H and O–H groups in total. The number of amides is 2. The standard InChI is InChI=1S/C18H30N4O3/c1-3-4-5-10-22-12-15(13(2)21-22)11-19-18(25)20-16-8-6-14(7-9-16)17(23)24/h12,14,16H,3-11H2,1-2H3,(H,23,24)(H2,19,20,25). The van der Waals surface area contributed by atoms with Crippen molar-refractivity contribution in [3.63, 3.8) is 0 Å². The monoisotopic (exact) mass is 350 g/mol. The molecule has 2 amide bonds. The summed E-state index contributed by atoms with van der Waals surface area (Å²) in [6.45, 7) is 5.50. The number of nitrogens with zero attached hydrogens (tertiary/aromatic N) is 2. The van der Waals surface area contributed by atoms with E-state index in [4.69, 9.17) is 5.11 Å². The molecule has 1 fully saturated rings. The molecule has 0 saturated heterocycles. The first kappa shape index (κ1) is 19.3. The van der Waals surface area contributed by atoms with Crippen molar-refractivity contribution in [2.75, 3.05) is 0 Å². The number of rotatable bonds is 8. The maximum Gasteiger partial charge on any atom is 0.315 e. The molecule has 1 heterocycles. The largest absolute Gasteiger partial charge is 0.481 e. The van der Waals surface area contributed by atoms with Crippen molar-refractivity contribution < 1.29 is 14.7 Å². The van der Waals surface area contributed by atoms with E-state index in [0.29, 0.717) is 19.4 Å². The number of aromatic nitrogens is 2. The van der Waals surface area contributed by atoms with Crippen LogP contribution in [0.3, 0.4) is 0 Å². The molecular weight excluding hydrogens is 320 g/mol. The molecule has 25 heavy (non-hydrogen) atoms. The lowest BCUT2D eigenvalue weighted by atomic mass is 9.86. The molecule has 0 spiro atoms. The van der Waals surface area contributed by atoms with Crippen LogP contribution in [0.5, 0.6) is 0 Å². The lowest BCUT2D eigenvalue weighted by molar-refractivity contribution is -0.142. The summed E-state index contributed by atoms with van der Waals surface area (Å²) >= 11 is 0. The number of carboxylic acids is 1. The van der Waals surface area contributed by atoms with E-state index in [1.807, 2.05) is 17.8 Å². The molecule has 1 aliphatic rings. The fourth-order valence-corrected chi connectivity index (χ4v) is 3.27. The van der Waals surface area contributed by atoms with Crippen LogP contribution in [0.15, 0.2) is 6.20 Å².